The molecule has 0 radical (unpaired) electrons. The Morgan fingerprint density at radius 2 is 0.969 bits per heavy atom. The maximum Gasteiger partial charge on any atom is 0.416 e. The van der Waals surface area contributed by atoms with Crippen LogP contribution in [0.25, 0.3) is 33.1 Å². The summed E-state index contributed by atoms with van der Waals surface area (Å²) in [6, 6.07) is 28.3. The topological polar surface area (TPSA) is 284 Å². The molecule has 512 valence electrons. The number of halogens is 7. The maximum atomic E-state index is 13.2. The number of benzene rings is 4. The Bertz CT molecular complexity index is 4610. The lowest BCUT2D eigenvalue weighted by atomic mass is 10.1. The smallest absolute Gasteiger partial charge is 0.376 e. The van der Waals surface area contributed by atoms with Crippen molar-refractivity contribution >= 4 is 106 Å². The molecule has 3 fully saturated rings. The molecule has 32 heteroatoms. The number of alkyl halides is 6. The predicted octanol–water partition coefficient (Wildman–Crippen LogP) is 10.6. The van der Waals surface area contributed by atoms with Gasteiger partial charge in [0.2, 0.25) is 11.8 Å². The van der Waals surface area contributed by atoms with E-state index >= 15 is 0 Å². The molecular formula is C65H70ClF6N17O6S2. The number of hydrogen-bond donors (Lipinski definition) is 7. The van der Waals surface area contributed by atoms with E-state index in [1.807, 2.05) is 19.9 Å². The van der Waals surface area contributed by atoms with Gasteiger partial charge in [0.1, 0.15) is 42.1 Å². The van der Waals surface area contributed by atoms with Gasteiger partial charge < -0.3 is 46.7 Å². The molecule has 0 bridgehead atoms. The molecule has 0 unspecified atom stereocenters. The number of carbonyl (C=O) groups excluding carboxylic acids is 2. The molecule has 7 N–H and O–H groups in total. The minimum Gasteiger partial charge on any atom is -0.376 e. The Labute approximate surface area is 560 Å². The maximum absolute atomic E-state index is 13.2. The molecule has 9 heterocycles. The van der Waals surface area contributed by atoms with Gasteiger partial charge in [0.15, 0.2) is 11.3 Å². The molecule has 3 saturated heterocycles. The molecule has 13 rings (SSSR count). The van der Waals surface area contributed by atoms with E-state index in [9.17, 15) is 52.8 Å². The van der Waals surface area contributed by atoms with Crippen LogP contribution >= 0.6 is 12.4 Å². The summed E-state index contributed by atoms with van der Waals surface area (Å²) < 4.78 is 132. The molecule has 6 aromatic heterocycles. The van der Waals surface area contributed by atoms with E-state index < -0.39 is 43.5 Å². The Balaban J connectivity index is 0.000000161. The van der Waals surface area contributed by atoms with E-state index in [4.69, 9.17) is 0 Å². The van der Waals surface area contributed by atoms with Crippen LogP contribution < -0.4 is 31.9 Å². The molecule has 4 aromatic carbocycles. The van der Waals surface area contributed by atoms with Gasteiger partial charge in [-0.05, 0) is 138 Å². The quantitative estimate of drug-likeness (QED) is 0.0443. The number of H-pyrrole nitrogens is 1. The van der Waals surface area contributed by atoms with Crippen molar-refractivity contribution in [3.63, 3.8) is 0 Å². The highest BCUT2D eigenvalue weighted by Crippen LogP contribution is 2.34. The van der Waals surface area contributed by atoms with Crippen molar-refractivity contribution in [1.29, 1.82) is 0 Å². The van der Waals surface area contributed by atoms with E-state index in [1.54, 1.807) is 82.9 Å². The van der Waals surface area contributed by atoms with Crippen LogP contribution in [0.15, 0.2) is 163 Å². The van der Waals surface area contributed by atoms with Gasteiger partial charge in [-0.15, -0.1) is 12.4 Å². The largest absolute Gasteiger partial charge is 0.416 e. The van der Waals surface area contributed by atoms with Crippen LogP contribution in [-0.2, 0) is 42.0 Å². The lowest BCUT2D eigenvalue weighted by molar-refractivity contribution is -0.138. The first-order chi connectivity index (χ1) is 46.0. The fourth-order valence-corrected chi connectivity index (χ4v) is 14.1. The van der Waals surface area contributed by atoms with Crippen molar-refractivity contribution in [1.82, 2.24) is 57.9 Å². The highest BCUT2D eigenvalue weighted by molar-refractivity contribution is 7.90. The van der Waals surface area contributed by atoms with Gasteiger partial charge in [0.25, 0.3) is 20.0 Å². The second kappa shape index (κ2) is 30.2. The van der Waals surface area contributed by atoms with Gasteiger partial charge in [-0.3, -0.25) is 9.59 Å². The van der Waals surface area contributed by atoms with Crippen molar-refractivity contribution in [2.75, 3.05) is 78.9 Å². The number of piperidine rings is 3. The average molecular weight is 1400 g/mol. The van der Waals surface area contributed by atoms with E-state index in [-0.39, 0.29) is 82.2 Å². The van der Waals surface area contributed by atoms with Gasteiger partial charge >= 0.3 is 12.4 Å². The number of fused-ring (bicyclic) bond motifs is 3. The lowest BCUT2D eigenvalue weighted by Gasteiger charge is -2.33. The van der Waals surface area contributed by atoms with Crippen molar-refractivity contribution in [3.8, 4) is 0 Å². The molecule has 3 aliphatic rings. The summed E-state index contributed by atoms with van der Waals surface area (Å²) in [6.45, 7) is 7.48. The summed E-state index contributed by atoms with van der Waals surface area (Å²) in [5.74, 6) is 1.42. The van der Waals surface area contributed by atoms with Gasteiger partial charge in [0.05, 0.1) is 50.2 Å². The minimum atomic E-state index is -4.47. The summed E-state index contributed by atoms with van der Waals surface area (Å²) in [6.07, 6.45) is 5.40. The number of aryl methyl sites for hydroxylation is 2. The Morgan fingerprint density at radius 3 is 1.41 bits per heavy atom. The summed E-state index contributed by atoms with van der Waals surface area (Å²) in [5, 5.41) is 21.2. The summed E-state index contributed by atoms with van der Waals surface area (Å²) in [7, 11) is -7.58. The van der Waals surface area contributed by atoms with E-state index in [0.717, 1.165) is 95.6 Å². The van der Waals surface area contributed by atoms with Crippen LogP contribution in [0, 0.1) is 13.8 Å². The second-order valence-electron chi connectivity index (χ2n) is 23.4. The molecule has 3 aliphatic heterocycles. The highest BCUT2D eigenvalue weighted by Gasteiger charge is 2.33. The third kappa shape index (κ3) is 17.0. The molecule has 0 saturated carbocycles. The standard InChI is InChI=1S/C27H27F3N6O3S.C20H21F3N6O.C18H21N5O2S.ClH/c1-18-7-9-22(10-8-18)40(38,39)36-13-11-23-25(32-17-33-26(23)36)34-21-6-3-12-35(16-21)24(37)15-31-20-5-2-4-19(14-20)27(28,29)30;21-20(22,23)13-3-1-4-14(9-13)25-10-17(30)29-8-2-5-15(11-29)28-19-16-6-7-24-18(16)26-12-27-19;1-13-4-6-15(7-5-13)26(24,25)23-10-8-16-17(20-12-21-18(16)23)22-14-3-2-9-19-11-14;/h2,4-5,7-11,13-14,17,21,31H,3,6,12,15-16H2,1H3,(H,32,33,34);1,3-4,6-7,9,12,15,25H,2,5,8,10-11H2,(H2,24,26,27,28);4-8,10,12,14,19H,2-3,9,11H2,1H3,(H,20,21,22);1H/t21-;15-;14-;/m000./s1. The fourth-order valence-electron chi connectivity index (χ4n) is 11.5. The van der Waals surface area contributed by atoms with E-state index in [2.05, 4.69) is 66.8 Å². The molecule has 97 heavy (non-hydrogen) atoms. The number of anilines is 5. The van der Waals surface area contributed by atoms with Crippen molar-refractivity contribution in [2.45, 2.75) is 92.6 Å². The predicted molar refractivity (Wildman–Crippen MR) is 360 cm³/mol. The number of hydrogen-bond acceptors (Lipinski definition) is 18. The van der Waals surface area contributed by atoms with E-state index in [1.165, 1.54) is 53.4 Å². The molecule has 0 aliphatic carbocycles. The van der Waals surface area contributed by atoms with E-state index in [0.29, 0.717) is 66.5 Å². The molecule has 23 nitrogen and oxygen atoms in total. The highest BCUT2D eigenvalue weighted by atomic mass is 35.5. The van der Waals surface area contributed by atoms with Crippen LogP contribution in [0.2, 0.25) is 0 Å². The average Bonchev–Trinajstić information content (AvgIpc) is 1.66. The molecule has 3 atom stereocenters. The number of nitrogens with one attached hydrogen (secondary N) is 7. The first-order valence-electron chi connectivity index (χ1n) is 30.9. The molecule has 0 spiro atoms. The van der Waals surface area contributed by atoms with Crippen molar-refractivity contribution < 1.29 is 52.8 Å². The zero-order valence-corrected chi connectivity index (χ0v) is 54.9. The number of amides is 2. The monoisotopic (exact) mass is 1400 g/mol. The zero-order valence-electron chi connectivity index (χ0n) is 52.5. The molecular weight excluding hydrogens is 1330 g/mol. The zero-order chi connectivity index (χ0) is 67.8. The van der Waals surface area contributed by atoms with Crippen LogP contribution in [0.5, 0.6) is 0 Å². The summed E-state index contributed by atoms with van der Waals surface area (Å²) in [5.41, 5.74) is 2.24. The lowest BCUT2D eigenvalue weighted by Crippen LogP contribution is -2.47. The third-order valence-corrected chi connectivity index (χ3v) is 19.9. The normalized spacial score (nSPS) is 16.8. The number of carbonyl (C=O) groups is 2. The van der Waals surface area contributed by atoms with Crippen molar-refractivity contribution in [2.24, 2.45) is 0 Å². The van der Waals surface area contributed by atoms with Crippen molar-refractivity contribution in [3.05, 3.63) is 175 Å². The number of likely N-dealkylation sites (tertiary alicyclic amines) is 2. The number of aromatic nitrogens is 9. The van der Waals surface area contributed by atoms with Crippen LogP contribution in [-0.4, -0.2) is 152 Å². The fraction of sp³-hybridized carbons (Fsp3) is 0.323. The third-order valence-electron chi connectivity index (χ3n) is 16.5. The number of rotatable bonds is 16. The Kier molecular flexibility index (Phi) is 21.9. The Hall–Kier alpha value is -9.59. The Morgan fingerprint density at radius 1 is 0.536 bits per heavy atom. The number of aromatic amines is 1. The summed E-state index contributed by atoms with van der Waals surface area (Å²) in [4.78, 5) is 57.8. The first kappa shape index (κ1) is 70.2. The first-order valence-corrected chi connectivity index (χ1v) is 33.8. The number of nitrogens with zero attached hydrogens (tertiary/aromatic N) is 10. The van der Waals surface area contributed by atoms with Gasteiger partial charge in [0, 0.05) is 80.8 Å². The molecule has 2 amide bonds. The minimum absolute atomic E-state index is 0. The SMILES string of the molecule is Cc1ccc(S(=O)(=O)n2ccc3c(N[C@H]4CCCN(C(=O)CNc5cccc(C(F)(F)F)c5)C4)ncnc32)cc1.Cc1ccc(S(=O)(=O)n2ccc3c(N[C@H]4CCCNC4)ncnc32)cc1.Cl.O=C(CNc1cccc(C(F)(F)F)c1)N1CCC[C@H](Nc2ncnc3[nH]ccc23)C1. The van der Waals surface area contributed by atoms with Crippen LogP contribution in [0.4, 0.5) is 55.2 Å². The summed E-state index contributed by atoms with van der Waals surface area (Å²) >= 11 is 0. The van der Waals surface area contributed by atoms with Gasteiger partial charge in [-0.1, -0.05) is 47.5 Å². The molecule has 10 aromatic rings. The van der Waals surface area contributed by atoms with Gasteiger partial charge in [-0.25, -0.2) is 54.7 Å². The van der Waals surface area contributed by atoms with Crippen LogP contribution in [0.3, 0.4) is 0 Å². The van der Waals surface area contributed by atoms with Crippen LogP contribution in [0.1, 0.15) is 60.8 Å². The second-order valence-corrected chi connectivity index (χ2v) is 27.1. The van der Waals surface area contributed by atoms with Gasteiger partial charge in [-0.2, -0.15) is 26.3 Å².